The molecule has 1 aromatic carbocycles. The van der Waals surface area contributed by atoms with Gasteiger partial charge in [-0.25, -0.2) is 4.98 Å². The lowest BCUT2D eigenvalue weighted by atomic mass is 9.48. The van der Waals surface area contributed by atoms with Crippen molar-refractivity contribution >= 4 is 0 Å². The quantitative estimate of drug-likeness (QED) is 0.845. The van der Waals surface area contributed by atoms with Crippen LogP contribution >= 0.6 is 0 Å². The van der Waals surface area contributed by atoms with Gasteiger partial charge in [0, 0.05) is 12.4 Å². The maximum atomic E-state index is 13.3. The second kappa shape index (κ2) is 5.84. The van der Waals surface area contributed by atoms with Gasteiger partial charge >= 0.3 is 6.18 Å². The fourth-order valence-corrected chi connectivity index (χ4v) is 6.37. The topological polar surface area (TPSA) is 38.0 Å². The molecule has 2 aromatic rings. The van der Waals surface area contributed by atoms with Gasteiger partial charge in [-0.3, -0.25) is 0 Å². The third kappa shape index (κ3) is 2.64. The normalized spacial score (nSPS) is 36.1. The van der Waals surface area contributed by atoms with Crippen molar-refractivity contribution in [3.63, 3.8) is 0 Å². The van der Waals surface area contributed by atoms with Crippen molar-refractivity contribution in [3.8, 4) is 0 Å². The first-order chi connectivity index (χ1) is 12.9. The summed E-state index contributed by atoms with van der Waals surface area (Å²) in [6.45, 7) is 0. The van der Waals surface area contributed by atoms with E-state index in [9.17, 15) is 18.3 Å². The first-order valence-electron chi connectivity index (χ1n) is 9.72. The number of benzene rings is 1. The third-order valence-corrected chi connectivity index (χ3v) is 7.24. The number of nitrogens with zero attached hydrogens (tertiary/aromatic N) is 2. The van der Waals surface area contributed by atoms with Crippen LogP contribution in [0.5, 0.6) is 0 Å². The number of imidazole rings is 1. The van der Waals surface area contributed by atoms with Crippen molar-refractivity contribution in [3.05, 3.63) is 54.1 Å². The van der Waals surface area contributed by atoms with E-state index in [0.717, 1.165) is 31.7 Å². The van der Waals surface area contributed by atoms with Gasteiger partial charge in [0.15, 0.2) is 0 Å². The van der Waals surface area contributed by atoms with Crippen LogP contribution in [0.3, 0.4) is 0 Å². The molecule has 0 aliphatic heterocycles. The van der Waals surface area contributed by atoms with E-state index in [1.165, 1.54) is 18.6 Å². The van der Waals surface area contributed by atoms with Gasteiger partial charge in [0.25, 0.3) is 0 Å². The van der Waals surface area contributed by atoms with Gasteiger partial charge in [0.1, 0.15) is 0 Å². The van der Waals surface area contributed by atoms with Crippen LogP contribution < -0.4 is 0 Å². The minimum Gasteiger partial charge on any atom is -0.387 e. The molecule has 144 valence electrons. The molecule has 4 saturated carbocycles. The Balaban J connectivity index is 1.63. The molecule has 6 rings (SSSR count). The molecule has 1 atom stereocenters. The summed E-state index contributed by atoms with van der Waals surface area (Å²) < 4.78 is 41.8. The Bertz CT molecular complexity index is 802. The molecule has 4 bridgehead atoms. The average Bonchev–Trinajstić information content (AvgIpc) is 3.13. The smallest absolute Gasteiger partial charge is 0.387 e. The monoisotopic (exact) mass is 376 g/mol. The van der Waals surface area contributed by atoms with Crippen LogP contribution in [-0.4, -0.2) is 20.3 Å². The Hall–Kier alpha value is -1.82. The zero-order valence-corrected chi connectivity index (χ0v) is 14.9. The average molecular weight is 376 g/mol. The summed E-state index contributed by atoms with van der Waals surface area (Å²) in [7, 11) is 0. The van der Waals surface area contributed by atoms with Gasteiger partial charge < -0.3 is 9.67 Å². The number of hydrogen-bond donors (Lipinski definition) is 1. The summed E-state index contributed by atoms with van der Waals surface area (Å²) in [6, 6.07) is 4.91. The molecule has 6 heteroatoms. The zero-order chi connectivity index (χ0) is 18.8. The van der Waals surface area contributed by atoms with Crippen molar-refractivity contribution in [2.45, 2.75) is 49.9 Å². The Morgan fingerprint density at radius 1 is 1.07 bits per heavy atom. The molecule has 4 fully saturated rings. The number of hydrogen-bond acceptors (Lipinski definition) is 2. The van der Waals surface area contributed by atoms with E-state index in [2.05, 4.69) is 4.98 Å². The summed E-state index contributed by atoms with van der Waals surface area (Å²) in [5.74, 6) is 1.60. The highest BCUT2D eigenvalue weighted by molar-refractivity contribution is 5.32. The van der Waals surface area contributed by atoms with Gasteiger partial charge in [0.05, 0.1) is 23.5 Å². The van der Waals surface area contributed by atoms with E-state index in [1.807, 2.05) is 0 Å². The fraction of sp³-hybridized carbons (Fsp3) is 0.571. The number of aromatic nitrogens is 2. The summed E-state index contributed by atoms with van der Waals surface area (Å²) in [4.78, 5) is 4.11. The van der Waals surface area contributed by atoms with E-state index in [1.54, 1.807) is 29.4 Å². The molecule has 0 amide bonds. The molecule has 1 aromatic heterocycles. The summed E-state index contributed by atoms with van der Waals surface area (Å²) in [5, 5.41) is 12.0. The lowest BCUT2D eigenvalue weighted by molar-refractivity contribution is -0.190. The highest BCUT2D eigenvalue weighted by atomic mass is 19.4. The van der Waals surface area contributed by atoms with Crippen molar-refractivity contribution in [2.75, 3.05) is 0 Å². The molecular formula is C21H23F3N2O. The number of halogens is 3. The molecule has 1 unspecified atom stereocenters. The highest BCUT2D eigenvalue weighted by Gasteiger charge is 2.60. The largest absolute Gasteiger partial charge is 0.416 e. The Morgan fingerprint density at radius 2 is 1.74 bits per heavy atom. The predicted molar refractivity (Wildman–Crippen MR) is 93.8 cm³/mol. The summed E-state index contributed by atoms with van der Waals surface area (Å²) >= 11 is 0. The maximum absolute atomic E-state index is 13.3. The summed E-state index contributed by atoms with van der Waals surface area (Å²) in [6.07, 6.45) is 5.77. The molecule has 4 aliphatic rings. The van der Waals surface area contributed by atoms with Crippen LogP contribution in [0.4, 0.5) is 13.2 Å². The molecule has 1 N–H and O–H groups in total. The molecular weight excluding hydrogens is 353 g/mol. The molecule has 0 radical (unpaired) electrons. The lowest BCUT2D eigenvalue weighted by Gasteiger charge is -2.61. The van der Waals surface area contributed by atoms with Gasteiger partial charge in [-0.1, -0.05) is 12.1 Å². The van der Waals surface area contributed by atoms with Crippen LogP contribution in [0.1, 0.15) is 49.3 Å². The second-order valence-corrected chi connectivity index (χ2v) is 8.73. The second-order valence-electron chi connectivity index (χ2n) is 8.73. The number of rotatable bonds is 3. The van der Waals surface area contributed by atoms with Crippen molar-refractivity contribution < 1.29 is 18.3 Å². The van der Waals surface area contributed by atoms with Crippen LogP contribution in [0.2, 0.25) is 0 Å². The summed E-state index contributed by atoms with van der Waals surface area (Å²) in [5.41, 5.74) is -1.19. The maximum Gasteiger partial charge on any atom is 0.416 e. The van der Waals surface area contributed by atoms with E-state index < -0.39 is 23.4 Å². The first-order valence-corrected chi connectivity index (χ1v) is 9.72. The predicted octanol–water partition coefficient (Wildman–Crippen LogP) is 4.68. The van der Waals surface area contributed by atoms with Gasteiger partial charge in [-0.05, 0) is 73.5 Å². The molecule has 4 aliphatic carbocycles. The lowest BCUT2D eigenvalue weighted by Crippen LogP contribution is -2.61. The highest BCUT2D eigenvalue weighted by Crippen LogP contribution is 2.62. The first kappa shape index (κ1) is 17.3. The van der Waals surface area contributed by atoms with Crippen molar-refractivity contribution in [1.29, 1.82) is 0 Å². The van der Waals surface area contributed by atoms with Crippen molar-refractivity contribution in [2.24, 2.45) is 23.7 Å². The molecule has 27 heavy (non-hydrogen) atoms. The standard InChI is InChI=1S/C21H23F3N2O/c22-21(23,24)16-3-1-2-15(11-16)19(26-5-4-25-12-26)20(27)17-7-13-6-14(9-17)10-18(20)8-13/h1-5,11-14,17-19,27H,6-10H2. The van der Waals surface area contributed by atoms with E-state index in [-0.39, 0.29) is 11.8 Å². The van der Waals surface area contributed by atoms with E-state index in [4.69, 9.17) is 0 Å². The SMILES string of the molecule is OC1(C(c2cccc(C(F)(F)F)c2)n2ccnc2)C2CC3CC(C2)CC1C3. The van der Waals surface area contributed by atoms with Gasteiger partial charge in [-0.15, -0.1) is 0 Å². The minimum absolute atomic E-state index is 0.135. The Kier molecular flexibility index (Phi) is 3.74. The van der Waals surface area contributed by atoms with Crippen LogP contribution in [-0.2, 0) is 6.18 Å². The van der Waals surface area contributed by atoms with Gasteiger partial charge in [-0.2, -0.15) is 13.2 Å². The number of aliphatic hydroxyl groups is 1. The van der Waals surface area contributed by atoms with Crippen molar-refractivity contribution in [1.82, 2.24) is 9.55 Å². The van der Waals surface area contributed by atoms with E-state index in [0.29, 0.717) is 17.4 Å². The Morgan fingerprint density at radius 3 is 2.30 bits per heavy atom. The minimum atomic E-state index is -4.40. The molecule has 0 spiro atoms. The molecule has 0 saturated heterocycles. The third-order valence-electron chi connectivity index (χ3n) is 7.24. The van der Waals surface area contributed by atoms with E-state index >= 15 is 0 Å². The van der Waals surface area contributed by atoms with Crippen LogP contribution in [0.25, 0.3) is 0 Å². The van der Waals surface area contributed by atoms with Crippen LogP contribution in [0.15, 0.2) is 43.0 Å². The Labute approximate surface area is 156 Å². The van der Waals surface area contributed by atoms with Gasteiger partial charge in [0.2, 0.25) is 0 Å². The molecule has 1 heterocycles. The number of alkyl halides is 3. The molecule has 3 nitrogen and oxygen atoms in total. The van der Waals surface area contributed by atoms with Crippen LogP contribution in [0, 0.1) is 23.7 Å². The fourth-order valence-electron chi connectivity index (χ4n) is 6.37. The zero-order valence-electron chi connectivity index (χ0n) is 14.9.